The summed E-state index contributed by atoms with van der Waals surface area (Å²) in [5.41, 5.74) is 4.66. The number of hydrogen-bond acceptors (Lipinski definition) is 5. The van der Waals surface area contributed by atoms with Crippen LogP contribution in [-0.4, -0.2) is 49.2 Å². The van der Waals surface area contributed by atoms with E-state index < -0.39 is 24.1 Å². The Kier molecular flexibility index (Phi) is 5.37. The van der Waals surface area contributed by atoms with E-state index >= 15 is 0 Å². The fourth-order valence-electron chi connectivity index (χ4n) is 8.32. The number of aliphatic hydroxyl groups excluding tert-OH is 2. The van der Waals surface area contributed by atoms with Gasteiger partial charge in [-0.3, -0.25) is 9.48 Å². The number of aliphatic hydroxyl groups is 3. The molecule has 1 unspecified atom stereocenters. The number of carbonyl (C=O) groups excluding carboxylic acids is 1. The number of aromatic nitrogens is 2. The van der Waals surface area contributed by atoms with Crippen molar-refractivity contribution in [1.29, 1.82) is 0 Å². The van der Waals surface area contributed by atoms with Gasteiger partial charge in [-0.1, -0.05) is 42.3 Å². The molecule has 186 valence electrons. The van der Waals surface area contributed by atoms with Gasteiger partial charge in [-0.25, -0.2) is 0 Å². The zero-order valence-corrected chi connectivity index (χ0v) is 20.7. The van der Waals surface area contributed by atoms with Crippen molar-refractivity contribution in [2.45, 2.75) is 70.6 Å². The summed E-state index contributed by atoms with van der Waals surface area (Å²) in [6.07, 6.45) is 8.16. The molecule has 1 heterocycles. The lowest BCUT2D eigenvalue weighted by Gasteiger charge is -2.57. The maximum absolute atomic E-state index is 12.4. The van der Waals surface area contributed by atoms with Crippen molar-refractivity contribution in [3.8, 4) is 0 Å². The van der Waals surface area contributed by atoms with Gasteiger partial charge in [-0.05, 0) is 85.8 Å². The first-order valence-electron chi connectivity index (χ1n) is 13.1. The molecule has 1 aromatic heterocycles. The van der Waals surface area contributed by atoms with Crippen molar-refractivity contribution in [2.75, 3.05) is 6.61 Å². The largest absolute Gasteiger partial charge is 0.393 e. The third-order valence-electron chi connectivity index (χ3n) is 10.0. The predicted octanol–water partition coefficient (Wildman–Crippen LogP) is 3.30. The second kappa shape index (κ2) is 8.12. The topological polar surface area (TPSA) is 95.6 Å². The molecule has 0 aliphatic heterocycles. The summed E-state index contributed by atoms with van der Waals surface area (Å²) in [7, 11) is 0. The van der Waals surface area contributed by atoms with Crippen molar-refractivity contribution >= 4 is 11.9 Å². The summed E-state index contributed by atoms with van der Waals surface area (Å²) < 4.78 is 2.10. The van der Waals surface area contributed by atoms with Crippen LogP contribution in [0.15, 0.2) is 36.0 Å². The van der Waals surface area contributed by atoms with Crippen LogP contribution in [0.2, 0.25) is 0 Å². The molecule has 35 heavy (non-hydrogen) atoms. The summed E-state index contributed by atoms with van der Waals surface area (Å²) in [5, 5.41) is 36.9. The van der Waals surface area contributed by atoms with Crippen molar-refractivity contribution in [3.05, 3.63) is 58.4 Å². The molecule has 0 bridgehead atoms. The number of hydrogen-bond donors (Lipinski definition) is 3. The van der Waals surface area contributed by atoms with Crippen LogP contribution in [0, 0.1) is 36.0 Å². The first-order valence-corrected chi connectivity index (χ1v) is 13.1. The maximum atomic E-state index is 12.4. The zero-order chi connectivity index (χ0) is 24.5. The number of aryl methyl sites for hydroxylation is 1. The molecule has 3 N–H and O–H groups in total. The Morgan fingerprint density at radius 2 is 1.97 bits per heavy atom. The van der Waals surface area contributed by atoms with E-state index in [2.05, 4.69) is 48.9 Å². The standard InChI is InChI=1S/C29H36N2O4/c1-17-3-5-18(6-4-17)15-31-24-11-20-7-8-22-21-9-10-29(35,26(34)16-32)23(21)12-25(33)27(22)28(20,2)13-19(24)14-30-31/h3-6,11,14,21-23,25,27,32-33,35H,7-10,12-13,15-16H2,1-2H3/t21-,22-,23?,25-,27+,28-,29+/m0/s1. The minimum Gasteiger partial charge on any atom is -0.393 e. The normalized spacial score (nSPS) is 37.6. The molecule has 6 rings (SSSR count). The highest BCUT2D eigenvalue weighted by Gasteiger charge is 2.62. The first-order chi connectivity index (χ1) is 16.7. The molecule has 2 aromatic rings. The Morgan fingerprint density at radius 1 is 1.20 bits per heavy atom. The van der Waals surface area contributed by atoms with Gasteiger partial charge in [0.05, 0.1) is 24.5 Å². The number of ketones is 1. The van der Waals surface area contributed by atoms with Crippen molar-refractivity contribution in [3.63, 3.8) is 0 Å². The molecule has 7 atom stereocenters. The van der Waals surface area contributed by atoms with Crippen LogP contribution in [-0.2, 0) is 17.8 Å². The van der Waals surface area contributed by atoms with Crippen molar-refractivity contribution in [1.82, 2.24) is 9.78 Å². The molecule has 0 spiro atoms. The van der Waals surface area contributed by atoms with E-state index in [-0.39, 0.29) is 29.1 Å². The molecule has 4 aliphatic rings. The number of benzene rings is 1. The fourth-order valence-corrected chi connectivity index (χ4v) is 8.32. The van der Waals surface area contributed by atoms with E-state index in [0.29, 0.717) is 12.8 Å². The molecule has 3 fully saturated rings. The number of Topliss-reactive ketones (excluding diaryl/α,β-unsaturated/α-hetero) is 1. The summed E-state index contributed by atoms with van der Waals surface area (Å²) in [6, 6.07) is 8.59. The van der Waals surface area contributed by atoms with E-state index in [1.165, 1.54) is 28.0 Å². The molecule has 6 nitrogen and oxygen atoms in total. The van der Waals surface area contributed by atoms with Gasteiger partial charge in [0, 0.05) is 5.92 Å². The molecule has 6 heteroatoms. The Bertz CT molecular complexity index is 1180. The highest BCUT2D eigenvalue weighted by molar-refractivity contribution is 5.88. The van der Waals surface area contributed by atoms with E-state index in [4.69, 9.17) is 5.10 Å². The van der Waals surface area contributed by atoms with Gasteiger partial charge in [0.1, 0.15) is 12.2 Å². The van der Waals surface area contributed by atoms with Gasteiger partial charge < -0.3 is 15.3 Å². The van der Waals surface area contributed by atoms with Gasteiger partial charge >= 0.3 is 0 Å². The van der Waals surface area contributed by atoms with Crippen LogP contribution in [0.3, 0.4) is 0 Å². The number of nitrogens with zero attached hydrogens (tertiary/aromatic N) is 2. The quantitative estimate of drug-likeness (QED) is 0.629. The molecule has 3 saturated carbocycles. The van der Waals surface area contributed by atoms with Gasteiger partial charge in [0.25, 0.3) is 0 Å². The van der Waals surface area contributed by atoms with Gasteiger partial charge in [0.15, 0.2) is 5.78 Å². The van der Waals surface area contributed by atoms with Crippen LogP contribution in [0.5, 0.6) is 0 Å². The van der Waals surface area contributed by atoms with Crippen LogP contribution in [0.4, 0.5) is 0 Å². The molecule has 0 saturated heterocycles. The number of fused-ring (bicyclic) bond motifs is 6. The Hall–Kier alpha value is -2.28. The Balaban J connectivity index is 1.30. The third kappa shape index (κ3) is 3.40. The lowest BCUT2D eigenvalue weighted by atomic mass is 9.48. The number of rotatable bonds is 4. The maximum Gasteiger partial charge on any atom is 0.189 e. The summed E-state index contributed by atoms with van der Waals surface area (Å²) in [6.45, 7) is 4.51. The van der Waals surface area contributed by atoms with Crippen LogP contribution >= 0.6 is 0 Å². The summed E-state index contributed by atoms with van der Waals surface area (Å²) in [5.74, 6) is -0.155. The lowest BCUT2D eigenvalue weighted by molar-refractivity contribution is -0.156. The van der Waals surface area contributed by atoms with E-state index in [0.717, 1.165) is 32.2 Å². The van der Waals surface area contributed by atoms with Gasteiger partial charge in [-0.2, -0.15) is 5.10 Å². The minimum absolute atomic E-state index is 0.101. The second-order valence-electron chi connectivity index (χ2n) is 11.8. The van der Waals surface area contributed by atoms with Crippen molar-refractivity contribution < 1.29 is 20.1 Å². The Labute approximate surface area is 206 Å². The van der Waals surface area contributed by atoms with Gasteiger partial charge in [-0.15, -0.1) is 0 Å². The average molecular weight is 477 g/mol. The number of allylic oxidation sites excluding steroid dienone is 1. The monoisotopic (exact) mass is 476 g/mol. The average Bonchev–Trinajstić information content (AvgIpc) is 3.38. The van der Waals surface area contributed by atoms with E-state index in [1.807, 2.05) is 6.20 Å². The molecule has 1 aromatic carbocycles. The SMILES string of the molecule is Cc1ccc(Cn2ncc3c2C=C2CC[C@@H]4[C@H]([C@@H](O)CC5[C@H]4CC[C@]5(O)C(=O)CO)[C@@]2(C)C3)cc1. The fraction of sp³-hybridized carbons (Fsp3) is 0.586. The molecule has 0 amide bonds. The molecule has 0 radical (unpaired) electrons. The summed E-state index contributed by atoms with van der Waals surface area (Å²) in [4.78, 5) is 12.4. The predicted molar refractivity (Wildman–Crippen MR) is 132 cm³/mol. The second-order valence-corrected chi connectivity index (χ2v) is 11.8. The van der Waals surface area contributed by atoms with E-state index in [1.54, 1.807) is 0 Å². The number of carbonyl (C=O) groups is 1. The van der Waals surface area contributed by atoms with Crippen LogP contribution in [0.25, 0.3) is 6.08 Å². The van der Waals surface area contributed by atoms with Gasteiger partial charge in [0.2, 0.25) is 0 Å². The summed E-state index contributed by atoms with van der Waals surface area (Å²) >= 11 is 0. The highest BCUT2D eigenvalue weighted by Crippen LogP contribution is 2.63. The first kappa shape index (κ1) is 23.1. The smallest absolute Gasteiger partial charge is 0.189 e. The Morgan fingerprint density at radius 3 is 2.71 bits per heavy atom. The highest BCUT2D eigenvalue weighted by atomic mass is 16.3. The minimum atomic E-state index is -1.49. The zero-order valence-electron chi connectivity index (χ0n) is 20.7. The lowest BCUT2D eigenvalue weighted by Crippen LogP contribution is -2.57. The van der Waals surface area contributed by atoms with E-state index in [9.17, 15) is 20.1 Å². The van der Waals surface area contributed by atoms with Crippen molar-refractivity contribution in [2.24, 2.45) is 29.1 Å². The molecular weight excluding hydrogens is 440 g/mol. The van der Waals surface area contributed by atoms with Crippen LogP contribution < -0.4 is 0 Å². The third-order valence-corrected chi connectivity index (χ3v) is 10.0. The van der Waals surface area contributed by atoms with Crippen LogP contribution in [0.1, 0.15) is 61.4 Å². The molecule has 4 aliphatic carbocycles. The molecular formula is C29H36N2O4.